The van der Waals surface area contributed by atoms with Crippen molar-refractivity contribution in [3.05, 3.63) is 45.3 Å². The van der Waals surface area contributed by atoms with Gasteiger partial charge in [0.2, 0.25) is 5.91 Å². The van der Waals surface area contributed by atoms with Crippen LogP contribution in [0.15, 0.2) is 22.7 Å². The number of nitro benzene ring substituents is 1. The molecule has 1 heterocycles. The fourth-order valence-electron chi connectivity index (χ4n) is 2.40. The molecule has 0 atom stereocenters. The summed E-state index contributed by atoms with van der Waals surface area (Å²) >= 11 is 0. The van der Waals surface area contributed by atoms with Gasteiger partial charge in [0, 0.05) is 24.1 Å². The summed E-state index contributed by atoms with van der Waals surface area (Å²) in [6.45, 7) is 3.85. The van der Waals surface area contributed by atoms with Crippen molar-refractivity contribution in [1.82, 2.24) is 5.16 Å². The first-order valence-corrected chi connectivity index (χ1v) is 7.58. The monoisotopic (exact) mass is 333 g/mol. The van der Waals surface area contributed by atoms with Crippen molar-refractivity contribution in [3.8, 4) is 5.75 Å². The Morgan fingerprint density at radius 2 is 2.12 bits per heavy atom. The zero-order valence-corrected chi connectivity index (χ0v) is 13.8. The Morgan fingerprint density at radius 1 is 1.38 bits per heavy atom. The van der Waals surface area contributed by atoms with Crippen LogP contribution in [0.4, 0.5) is 11.4 Å². The molecule has 2 rings (SSSR count). The largest absolute Gasteiger partial charge is 0.495 e. The average Bonchev–Trinajstić information content (AvgIpc) is 2.96. The van der Waals surface area contributed by atoms with Crippen LogP contribution in [-0.2, 0) is 24.1 Å². The van der Waals surface area contributed by atoms with Gasteiger partial charge in [-0.2, -0.15) is 0 Å². The highest BCUT2D eigenvalue weighted by Crippen LogP contribution is 2.29. The summed E-state index contributed by atoms with van der Waals surface area (Å²) in [5.74, 6) is 0.708. The molecule has 24 heavy (non-hydrogen) atoms. The number of benzene rings is 1. The maximum Gasteiger partial charge on any atom is 0.271 e. The summed E-state index contributed by atoms with van der Waals surface area (Å²) in [7, 11) is 1.43. The first-order valence-electron chi connectivity index (χ1n) is 7.58. The lowest BCUT2D eigenvalue weighted by Gasteiger charge is -2.10. The van der Waals surface area contributed by atoms with Crippen LogP contribution in [0.2, 0.25) is 0 Å². The van der Waals surface area contributed by atoms with E-state index in [1.54, 1.807) is 0 Å². The molecule has 1 N–H and O–H groups in total. The van der Waals surface area contributed by atoms with E-state index in [2.05, 4.69) is 10.5 Å². The highest BCUT2D eigenvalue weighted by Gasteiger charge is 2.19. The zero-order valence-electron chi connectivity index (χ0n) is 13.8. The molecule has 1 aromatic carbocycles. The Kier molecular flexibility index (Phi) is 5.51. The number of ether oxygens (including phenoxy) is 1. The van der Waals surface area contributed by atoms with E-state index >= 15 is 0 Å². The summed E-state index contributed by atoms with van der Waals surface area (Å²) in [6, 6.07) is 4.03. The van der Waals surface area contributed by atoms with E-state index < -0.39 is 4.92 Å². The molecule has 0 saturated heterocycles. The Morgan fingerprint density at radius 3 is 2.71 bits per heavy atom. The lowest BCUT2D eigenvalue weighted by molar-refractivity contribution is -0.384. The molecule has 0 aliphatic heterocycles. The maximum atomic E-state index is 12.4. The molecule has 1 amide bonds. The van der Waals surface area contributed by atoms with E-state index in [-0.39, 0.29) is 23.7 Å². The van der Waals surface area contributed by atoms with Gasteiger partial charge in [0.05, 0.1) is 29.8 Å². The molecular weight excluding hydrogens is 314 g/mol. The summed E-state index contributed by atoms with van der Waals surface area (Å²) in [5.41, 5.74) is 1.64. The molecule has 0 unspecified atom stereocenters. The van der Waals surface area contributed by atoms with Gasteiger partial charge >= 0.3 is 0 Å². The summed E-state index contributed by atoms with van der Waals surface area (Å²) in [4.78, 5) is 22.7. The number of nitrogens with zero attached hydrogens (tertiary/aromatic N) is 2. The van der Waals surface area contributed by atoms with Crippen LogP contribution in [0.5, 0.6) is 5.75 Å². The molecule has 2 aromatic rings. The fourth-order valence-corrected chi connectivity index (χ4v) is 2.40. The smallest absolute Gasteiger partial charge is 0.271 e. The van der Waals surface area contributed by atoms with Crippen molar-refractivity contribution in [2.45, 2.75) is 33.1 Å². The number of non-ortho nitro benzene ring substituents is 1. The zero-order chi connectivity index (χ0) is 17.7. The Bertz CT molecular complexity index is 733. The second kappa shape index (κ2) is 7.58. The molecule has 0 bridgehead atoms. The van der Waals surface area contributed by atoms with Gasteiger partial charge in [-0.3, -0.25) is 14.9 Å². The molecule has 0 spiro atoms. The second-order valence-corrected chi connectivity index (χ2v) is 5.10. The first-order chi connectivity index (χ1) is 11.5. The van der Waals surface area contributed by atoms with Crippen LogP contribution >= 0.6 is 0 Å². The van der Waals surface area contributed by atoms with Crippen molar-refractivity contribution in [1.29, 1.82) is 0 Å². The third kappa shape index (κ3) is 3.70. The van der Waals surface area contributed by atoms with E-state index in [0.717, 1.165) is 11.3 Å². The fraction of sp³-hybridized carbons (Fsp3) is 0.375. The molecule has 0 fully saturated rings. The van der Waals surface area contributed by atoms with Crippen LogP contribution in [0, 0.1) is 10.1 Å². The number of amides is 1. The SMILES string of the molecule is CCc1noc(CC)c1CC(=O)Nc1cc([N+](=O)[O-])ccc1OC. The van der Waals surface area contributed by atoms with Crippen LogP contribution in [-0.4, -0.2) is 23.1 Å². The predicted octanol–water partition coefficient (Wildman–Crippen LogP) is 2.90. The molecule has 1 aromatic heterocycles. The van der Waals surface area contributed by atoms with Crippen molar-refractivity contribution >= 4 is 17.3 Å². The molecular formula is C16H19N3O5. The minimum atomic E-state index is -0.528. The highest BCUT2D eigenvalue weighted by atomic mass is 16.6. The average molecular weight is 333 g/mol. The summed E-state index contributed by atoms with van der Waals surface area (Å²) < 4.78 is 10.4. The molecule has 0 aliphatic rings. The van der Waals surface area contributed by atoms with E-state index in [1.807, 2.05) is 13.8 Å². The minimum Gasteiger partial charge on any atom is -0.495 e. The van der Waals surface area contributed by atoms with Crippen LogP contribution < -0.4 is 10.1 Å². The van der Waals surface area contributed by atoms with Gasteiger partial charge in [-0.1, -0.05) is 19.0 Å². The number of nitrogens with one attached hydrogen (secondary N) is 1. The molecule has 128 valence electrons. The number of hydrogen-bond acceptors (Lipinski definition) is 6. The van der Waals surface area contributed by atoms with E-state index in [1.165, 1.54) is 25.3 Å². The van der Waals surface area contributed by atoms with Gasteiger partial charge < -0.3 is 14.6 Å². The summed E-state index contributed by atoms with van der Waals surface area (Å²) in [5, 5.41) is 17.5. The highest BCUT2D eigenvalue weighted by molar-refractivity contribution is 5.94. The van der Waals surface area contributed by atoms with Gasteiger partial charge in [0.25, 0.3) is 5.69 Å². The second-order valence-electron chi connectivity index (χ2n) is 5.10. The van der Waals surface area contributed by atoms with E-state index in [0.29, 0.717) is 24.4 Å². The van der Waals surface area contributed by atoms with E-state index in [4.69, 9.17) is 9.26 Å². The number of methoxy groups -OCH3 is 1. The molecule has 0 radical (unpaired) electrons. The van der Waals surface area contributed by atoms with Gasteiger partial charge in [-0.15, -0.1) is 0 Å². The molecule has 0 saturated carbocycles. The number of carbonyl (C=O) groups excluding carboxylic acids is 1. The topological polar surface area (TPSA) is 108 Å². The van der Waals surface area contributed by atoms with Gasteiger partial charge in [-0.25, -0.2) is 0 Å². The van der Waals surface area contributed by atoms with E-state index in [9.17, 15) is 14.9 Å². The van der Waals surface area contributed by atoms with Gasteiger partial charge in [0.1, 0.15) is 11.5 Å². The Balaban J connectivity index is 2.22. The number of aromatic nitrogens is 1. The molecule has 8 heteroatoms. The number of hydrogen-bond donors (Lipinski definition) is 1. The first kappa shape index (κ1) is 17.5. The normalized spacial score (nSPS) is 10.5. The van der Waals surface area contributed by atoms with Crippen molar-refractivity contribution in [2.75, 3.05) is 12.4 Å². The van der Waals surface area contributed by atoms with Crippen LogP contribution in [0.25, 0.3) is 0 Å². The van der Waals surface area contributed by atoms with Crippen LogP contribution in [0.1, 0.15) is 30.9 Å². The van der Waals surface area contributed by atoms with Crippen molar-refractivity contribution in [2.24, 2.45) is 0 Å². The van der Waals surface area contributed by atoms with Crippen molar-refractivity contribution in [3.63, 3.8) is 0 Å². The molecule has 0 aliphatic carbocycles. The van der Waals surface area contributed by atoms with Gasteiger partial charge in [0.15, 0.2) is 0 Å². The summed E-state index contributed by atoms with van der Waals surface area (Å²) in [6.07, 6.45) is 1.38. The Hall–Kier alpha value is -2.90. The predicted molar refractivity (Wildman–Crippen MR) is 87.2 cm³/mol. The third-order valence-corrected chi connectivity index (χ3v) is 3.61. The minimum absolute atomic E-state index is 0.0850. The number of carbonyl (C=O) groups is 1. The number of rotatable bonds is 7. The van der Waals surface area contributed by atoms with Crippen LogP contribution in [0.3, 0.4) is 0 Å². The lowest BCUT2D eigenvalue weighted by Crippen LogP contribution is -2.16. The molecule has 8 nitrogen and oxygen atoms in total. The maximum absolute atomic E-state index is 12.4. The number of nitro groups is 1. The number of aryl methyl sites for hydroxylation is 2. The number of anilines is 1. The van der Waals surface area contributed by atoms with Gasteiger partial charge in [-0.05, 0) is 12.5 Å². The Labute approximate surface area is 138 Å². The van der Waals surface area contributed by atoms with Crippen molar-refractivity contribution < 1.29 is 19.0 Å². The quantitative estimate of drug-likeness (QED) is 0.616. The lowest BCUT2D eigenvalue weighted by atomic mass is 10.1. The third-order valence-electron chi connectivity index (χ3n) is 3.61. The standard InChI is InChI=1S/C16H19N3O5/c1-4-12-11(14(5-2)24-18-12)9-16(20)17-13-8-10(19(21)22)6-7-15(13)23-3/h6-8H,4-5,9H2,1-3H3,(H,17,20).